The Morgan fingerprint density at radius 1 is 1.07 bits per heavy atom. The summed E-state index contributed by atoms with van der Waals surface area (Å²) < 4.78 is 5.24. The van der Waals surface area contributed by atoms with Crippen LogP contribution in [-0.4, -0.2) is 36.5 Å². The Hall–Kier alpha value is -1.66. The van der Waals surface area contributed by atoms with E-state index in [0.717, 1.165) is 37.9 Å². The molecule has 0 amide bonds. The summed E-state index contributed by atoms with van der Waals surface area (Å²) in [6, 6.07) is 8.54. The third-order valence-corrected chi connectivity index (χ3v) is 4.21. The van der Waals surface area contributed by atoms with Crippen LogP contribution in [0.4, 0.5) is 0 Å². The lowest BCUT2D eigenvalue weighted by Crippen LogP contribution is -2.19. The molecule has 0 spiro atoms. The normalized spacial score (nSPS) is 10.7. The molecule has 6 nitrogen and oxygen atoms in total. The summed E-state index contributed by atoms with van der Waals surface area (Å²) in [5, 5.41) is 17.5. The predicted molar refractivity (Wildman–Crippen MR) is 108 cm³/mol. The van der Waals surface area contributed by atoms with Crippen molar-refractivity contribution in [3.05, 3.63) is 29.8 Å². The maximum Gasteiger partial charge on any atom is 0.451 e. The molecule has 1 aromatic carbocycles. The lowest BCUT2D eigenvalue weighted by atomic mass is 9.83. The summed E-state index contributed by atoms with van der Waals surface area (Å²) in [6.45, 7) is 0. The van der Waals surface area contributed by atoms with E-state index >= 15 is 0 Å². The Labute approximate surface area is 164 Å². The Kier molecular flexibility index (Phi) is 19.5. The molecule has 4 N–H and O–H groups in total. The third-order valence-electron chi connectivity index (χ3n) is 4.21. The molecule has 0 heterocycles. The topological polar surface area (TPSA) is 110 Å². The number of methoxy groups -OCH3 is 1. The highest BCUT2D eigenvalue weighted by Gasteiger charge is 2.07. The van der Waals surface area contributed by atoms with Crippen molar-refractivity contribution in [1.82, 2.24) is 0 Å². The first-order valence-electron chi connectivity index (χ1n) is 9.27. The smallest absolute Gasteiger partial charge is 0.451 e. The molecule has 0 saturated heterocycles. The molecule has 0 bridgehead atoms. The Morgan fingerprint density at radius 2 is 1.67 bits per heavy atom. The van der Waals surface area contributed by atoms with Crippen molar-refractivity contribution in [3.8, 4) is 5.75 Å². The van der Waals surface area contributed by atoms with Crippen molar-refractivity contribution in [3.63, 3.8) is 0 Å². The zero-order valence-electron chi connectivity index (χ0n) is 15.7. The van der Waals surface area contributed by atoms with E-state index in [0.29, 0.717) is 6.32 Å². The van der Waals surface area contributed by atoms with E-state index in [1.54, 1.807) is 7.11 Å². The molecule has 0 saturated carbocycles. The van der Waals surface area contributed by atoms with Gasteiger partial charge in [-0.1, -0.05) is 51.7 Å². The zero-order chi connectivity index (χ0) is 19.6. The SMILES string of the molecule is C.COc1cccc(CCCCCCC(N)CCCCB(O)O)c1.O=C=O. The van der Waals surface area contributed by atoms with Crippen molar-refractivity contribution in [1.29, 1.82) is 0 Å². The summed E-state index contributed by atoms with van der Waals surface area (Å²) in [6.07, 6.45) is 10.5. The van der Waals surface area contributed by atoms with E-state index in [1.165, 1.54) is 31.2 Å². The minimum absolute atomic E-state index is 0. The van der Waals surface area contributed by atoms with Crippen LogP contribution in [0.25, 0.3) is 0 Å². The molecular weight excluding hydrogens is 345 g/mol. The van der Waals surface area contributed by atoms with Crippen molar-refractivity contribution < 1.29 is 24.4 Å². The lowest BCUT2D eigenvalue weighted by molar-refractivity contribution is -0.191. The summed E-state index contributed by atoms with van der Waals surface area (Å²) >= 11 is 0. The van der Waals surface area contributed by atoms with Gasteiger partial charge in [0.15, 0.2) is 0 Å². The fraction of sp³-hybridized carbons (Fsp3) is 0.650. The van der Waals surface area contributed by atoms with Gasteiger partial charge < -0.3 is 20.5 Å². The molecule has 7 heteroatoms. The first-order chi connectivity index (χ1) is 12.5. The molecule has 0 radical (unpaired) electrons. The average molecular weight is 381 g/mol. The molecule has 1 unspecified atom stereocenters. The van der Waals surface area contributed by atoms with Crippen LogP contribution >= 0.6 is 0 Å². The van der Waals surface area contributed by atoms with Gasteiger partial charge in [-0.2, -0.15) is 9.59 Å². The number of hydrogen-bond donors (Lipinski definition) is 3. The van der Waals surface area contributed by atoms with E-state index < -0.39 is 7.12 Å². The summed E-state index contributed by atoms with van der Waals surface area (Å²) in [4.78, 5) is 16.2. The van der Waals surface area contributed by atoms with Crippen LogP contribution in [0.3, 0.4) is 0 Å². The van der Waals surface area contributed by atoms with Gasteiger partial charge in [0, 0.05) is 6.04 Å². The first-order valence-corrected chi connectivity index (χ1v) is 9.27. The van der Waals surface area contributed by atoms with Crippen LogP contribution in [-0.2, 0) is 16.0 Å². The van der Waals surface area contributed by atoms with E-state index in [2.05, 4.69) is 12.1 Å². The molecule has 0 aliphatic heterocycles. The molecular formula is C20H36BNO5. The van der Waals surface area contributed by atoms with Gasteiger partial charge in [-0.3, -0.25) is 0 Å². The largest absolute Gasteiger partial charge is 0.497 e. The summed E-state index contributed by atoms with van der Waals surface area (Å²) in [7, 11) is 0.532. The molecule has 154 valence electrons. The Bertz CT molecular complexity index is 493. The number of rotatable bonds is 13. The highest BCUT2D eigenvalue weighted by molar-refractivity contribution is 6.40. The highest BCUT2D eigenvalue weighted by atomic mass is 16.5. The maximum atomic E-state index is 8.77. The second kappa shape index (κ2) is 19.1. The van der Waals surface area contributed by atoms with E-state index in [4.69, 9.17) is 30.1 Å². The molecule has 0 fully saturated rings. The van der Waals surface area contributed by atoms with Crippen LogP contribution in [0.2, 0.25) is 6.32 Å². The Morgan fingerprint density at radius 3 is 2.26 bits per heavy atom. The standard InChI is InChI=1S/C18H32BNO3.CO2.CH4/c1-23-18-13-8-10-16(15-18)9-4-2-3-5-11-17(20)12-6-7-14-19(21)22;2-1-3;/h8,10,13,15,17,21-22H,2-7,9,11-12,14,20H2,1H3;;1H4. The maximum absolute atomic E-state index is 8.77. The van der Waals surface area contributed by atoms with Gasteiger partial charge in [-0.05, 0) is 49.7 Å². The van der Waals surface area contributed by atoms with Gasteiger partial charge in [0.05, 0.1) is 7.11 Å². The Balaban J connectivity index is 0. The molecule has 1 atom stereocenters. The molecule has 0 aliphatic carbocycles. The van der Waals surface area contributed by atoms with Crippen molar-refractivity contribution in [2.45, 2.75) is 77.6 Å². The van der Waals surface area contributed by atoms with Crippen molar-refractivity contribution in [2.75, 3.05) is 7.11 Å². The van der Waals surface area contributed by atoms with Crippen molar-refractivity contribution >= 4 is 13.3 Å². The quantitative estimate of drug-likeness (QED) is 0.358. The average Bonchev–Trinajstić information content (AvgIpc) is 2.62. The molecule has 1 aromatic rings. The minimum atomic E-state index is -1.17. The molecule has 0 aromatic heterocycles. The number of unbranched alkanes of at least 4 members (excludes halogenated alkanes) is 4. The monoisotopic (exact) mass is 381 g/mol. The zero-order valence-corrected chi connectivity index (χ0v) is 15.7. The van der Waals surface area contributed by atoms with Gasteiger partial charge in [0.25, 0.3) is 0 Å². The summed E-state index contributed by atoms with van der Waals surface area (Å²) in [5.41, 5.74) is 7.43. The predicted octanol–water partition coefficient (Wildman–Crippen LogP) is 3.21. The molecule has 0 aliphatic rings. The van der Waals surface area contributed by atoms with Crippen LogP contribution in [0, 0.1) is 0 Å². The number of carbonyl (C=O) groups excluding carboxylic acids is 2. The van der Waals surface area contributed by atoms with Crippen LogP contribution < -0.4 is 10.5 Å². The van der Waals surface area contributed by atoms with E-state index in [9.17, 15) is 0 Å². The second-order valence-electron chi connectivity index (χ2n) is 6.41. The number of nitrogens with two attached hydrogens (primary N) is 1. The van der Waals surface area contributed by atoms with E-state index in [-0.39, 0.29) is 19.6 Å². The fourth-order valence-electron chi connectivity index (χ4n) is 2.79. The number of ether oxygens (including phenoxy) is 1. The third kappa shape index (κ3) is 17.5. The molecule has 1 rings (SSSR count). The van der Waals surface area contributed by atoms with Gasteiger partial charge in [0.2, 0.25) is 0 Å². The van der Waals surface area contributed by atoms with Crippen LogP contribution in [0.1, 0.15) is 64.4 Å². The van der Waals surface area contributed by atoms with Gasteiger partial charge >= 0.3 is 13.3 Å². The summed E-state index contributed by atoms with van der Waals surface area (Å²) in [5.74, 6) is 0.933. The number of benzene rings is 1. The second-order valence-corrected chi connectivity index (χ2v) is 6.41. The molecule has 27 heavy (non-hydrogen) atoms. The van der Waals surface area contributed by atoms with Gasteiger partial charge in [-0.15, -0.1) is 0 Å². The van der Waals surface area contributed by atoms with Gasteiger partial charge in [0.1, 0.15) is 5.75 Å². The highest BCUT2D eigenvalue weighted by Crippen LogP contribution is 2.16. The number of aryl methyl sites for hydroxylation is 1. The fourth-order valence-corrected chi connectivity index (χ4v) is 2.79. The minimum Gasteiger partial charge on any atom is -0.497 e. The number of hydrogen-bond acceptors (Lipinski definition) is 6. The van der Waals surface area contributed by atoms with Crippen LogP contribution in [0.15, 0.2) is 24.3 Å². The van der Waals surface area contributed by atoms with E-state index in [1.807, 2.05) is 12.1 Å². The van der Waals surface area contributed by atoms with Gasteiger partial charge in [-0.25, -0.2) is 0 Å². The lowest BCUT2D eigenvalue weighted by Gasteiger charge is -2.11. The van der Waals surface area contributed by atoms with Crippen molar-refractivity contribution in [2.24, 2.45) is 5.73 Å². The first kappa shape index (κ1) is 27.6. The van der Waals surface area contributed by atoms with Crippen LogP contribution in [0.5, 0.6) is 5.75 Å².